The molecule has 0 amide bonds. The summed E-state index contributed by atoms with van der Waals surface area (Å²) in [5.74, 6) is -0.523. The van der Waals surface area contributed by atoms with Crippen molar-refractivity contribution in [2.24, 2.45) is 0 Å². The Bertz CT molecular complexity index is 472. The highest BCUT2D eigenvalue weighted by molar-refractivity contribution is 7.86. The monoisotopic (exact) mass is 346 g/mol. The highest BCUT2D eigenvalue weighted by Crippen LogP contribution is 2.33. The van der Waals surface area contributed by atoms with Crippen molar-refractivity contribution in [3.8, 4) is 0 Å². The maximum absolute atomic E-state index is 13.0. The zero-order valence-electron chi connectivity index (χ0n) is 14.2. The van der Waals surface area contributed by atoms with E-state index in [1.165, 1.54) is 19.3 Å². The Morgan fingerprint density at radius 3 is 2.04 bits per heavy atom. The average molecular weight is 346 g/mol. The molecule has 0 unspecified atom stereocenters. The van der Waals surface area contributed by atoms with Gasteiger partial charge in [0.1, 0.15) is 0 Å². The predicted octanol–water partition coefficient (Wildman–Crippen LogP) is 2.11. The van der Waals surface area contributed by atoms with Crippen LogP contribution in [0.2, 0.25) is 0 Å². The van der Waals surface area contributed by atoms with Crippen LogP contribution in [-0.4, -0.2) is 62.2 Å². The summed E-state index contributed by atoms with van der Waals surface area (Å²) in [6, 6.07) is 0.148. The summed E-state index contributed by atoms with van der Waals surface area (Å²) in [5, 5.41) is 0. The third-order valence-electron chi connectivity index (χ3n) is 5.58. The Labute approximate surface area is 140 Å². The van der Waals surface area contributed by atoms with Crippen LogP contribution in [0.1, 0.15) is 57.8 Å². The van der Waals surface area contributed by atoms with Gasteiger partial charge >= 0.3 is 0 Å². The number of hydrogen-bond donors (Lipinski definition) is 0. The van der Waals surface area contributed by atoms with Crippen molar-refractivity contribution in [2.75, 3.05) is 33.4 Å². The molecule has 1 aliphatic carbocycles. The Balaban J connectivity index is 1.61. The molecule has 2 saturated heterocycles. The smallest absolute Gasteiger partial charge is 0.281 e. The molecule has 3 fully saturated rings. The van der Waals surface area contributed by atoms with Crippen LogP contribution in [0.4, 0.5) is 0 Å². The number of rotatable bonds is 3. The lowest BCUT2D eigenvalue weighted by molar-refractivity contribution is -0.179. The minimum Gasteiger partial charge on any atom is -0.347 e. The fourth-order valence-electron chi connectivity index (χ4n) is 4.01. The molecule has 23 heavy (non-hydrogen) atoms. The predicted molar refractivity (Wildman–Crippen MR) is 88.2 cm³/mol. The van der Waals surface area contributed by atoms with E-state index in [1.807, 2.05) is 0 Å². The standard InChI is InChI=1S/C16H30N2O4S/c1-17(15-7-5-3-2-4-6-8-15)23(19,20)18-11-9-16(10-12-18)21-13-14-22-16/h15H,2-14H2,1H3. The van der Waals surface area contributed by atoms with Gasteiger partial charge in [0.2, 0.25) is 0 Å². The van der Waals surface area contributed by atoms with E-state index in [4.69, 9.17) is 9.47 Å². The van der Waals surface area contributed by atoms with Crippen LogP contribution >= 0.6 is 0 Å². The minimum absolute atomic E-state index is 0.148. The lowest BCUT2D eigenvalue weighted by Crippen LogP contribution is -2.52. The molecule has 1 spiro atoms. The van der Waals surface area contributed by atoms with Gasteiger partial charge in [0.15, 0.2) is 5.79 Å². The molecule has 0 N–H and O–H groups in total. The maximum Gasteiger partial charge on any atom is 0.281 e. The third-order valence-corrected chi connectivity index (χ3v) is 7.62. The second-order valence-electron chi connectivity index (χ2n) is 7.03. The molecule has 1 saturated carbocycles. The second-order valence-corrected chi connectivity index (χ2v) is 9.02. The van der Waals surface area contributed by atoms with Gasteiger partial charge in [0, 0.05) is 39.0 Å². The molecular formula is C16H30N2O4S. The van der Waals surface area contributed by atoms with Crippen LogP contribution in [-0.2, 0) is 19.7 Å². The summed E-state index contributed by atoms with van der Waals surface area (Å²) in [6.45, 7) is 2.21. The zero-order valence-corrected chi connectivity index (χ0v) is 15.0. The van der Waals surface area contributed by atoms with Crippen molar-refractivity contribution in [3.63, 3.8) is 0 Å². The van der Waals surface area contributed by atoms with E-state index in [-0.39, 0.29) is 6.04 Å². The van der Waals surface area contributed by atoms with Crippen molar-refractivity contribution in [1.82, 2.24) is 8.61 Å². The van der Waals surface area contributed by atoms with E-state index in [9.17, 15) is 8.42 Å². The molecule has 0 atom stereocenters. The highest BCUT2D eigenvalue weighted by atomic mass is 32.2. The first-order valence-corrected chi connectivity index (χ1v) is 10.4. The van der Waals surface area contributed by atoms with E-state index >= 15 is 0 Å². The van der Waals surface area contributed by atoms with Crippen molar-refractivity contribution in [2.45, 2.75) is 69.6 Å². The van der Waals surface area contributed by atoms with Crippen molar-refractivity contribution in [3.05, 3.63) is 0 Å². The number of nitrogens with zero attached hydrogens (tertiary/aromatic N) is 2. The summed E-state index contributed by atoms with van der Waals surface area (Å²) in [5.41, 5.74) is 0. The Morgan fingerprint density at radius 2 is 1.48 bits per heavy atom. The lowest BCUT2D eigenvalue weighted by atomic mass is 9.97. The largest absolute Gasteiger partial charge is 0.347 e. The first-order chi connectivity index (χ1) is 11.0. The number of piperidine rings is 1. The third kappa shape index (κ3) is 3.90. The van der Waals surface area contributed by atoms with E-state index in [1.54, 1.807) is 15.7 Å². The Kier molecular flexibility index (Phi) is 5.63. The zero-order chi connectivity index (χ0) is 16.3. The van der Waals surface area contributed by atoms with Crippen LogP contribution in [0.5, 0.6) is 0 Å². The molecule has 0 aromatic heterocycles. The molecule has 7 heteroatoms. The molecule has 0 aromatic carbocycles. The molecule has 0 radical (unpaired) electrons. The summed E-state index contributed by atoms with van der Waals surface area (Å²) in [4.78, 5) is 0. The molecule has 2 heterocycles. The molecule has 2 aliphatic heterocycles. The summed E-state index contributed by atoms with van der Waals surface area (Å²) in [6.07, 6.45) is 9.24. The van der Waals surface area contributed by atoms with E-state index in [0.717, 1.165) is 25.7 Å². The second kappa shape index (κ2) is 7.35. The van der Waals surface area contributed by atoms with Gasteiger partial charge in [-0.3, -0.25) is 0 Å². The molecular weight excluding hydrogens is 316 g/mol. The van der Waals surface area contributed by atoms with Gasteiger partial charge in [-0.15, -0.1) is 0 Å². The Hall–Kier alpha value is -0.210. The normalized spacial score (nSPS) is 28.1. The van der Waals surface area contributed by atoms with Crippen LogP contribution in [0, 0.1) is 0 Å². The number of ether oxygens (including phenoxy) is 2. The summed E-state index contributed by atoms with van der Waals surface area (Å²) < 4.78 is 40.5. The SMILES string of the molecule is CN(C1CCCCCCC1)S(=O)(=O)N1CCC2(CC1)OCCO2. The van der Waals surface area contributed by atoms with Gasteiger partial charge in [-0.05, 0) is 12.8 Å². The fraction of sp³-hybridized carbons (Fsp3) is 1.00. The topological polar surface area (TPSA) is 59.1 Å². The fourth-order valence-corrected chi connectivity index (χ4v) is 5.61. The molecule has 0 aromatic rings. The van der Waals surface area contributed by atoms with Gasteiger partial charge < -0.3 is 9.47 Å². The first-order valence-electron chi connectivity index (χ1n) is 9.05. The Morgan fingerprint density at radius 1 is 0.957 bits per heavy atom. The van der Waals surface area contributed by atoms with Crippen LogP contribution in [0.15, 0.2) is 0 Å². The van der Waals surface area contributed by atoms with Crippen molar-refractivity contribution >= 4 is 10.2 Å². The van der Waals surface area contributed by atoms with E-state index < -0.39 is 16.0 Å². The molecule has 3 rings (SSSR count). The average Bonchev–Trinajstić information content (AvgIpc) is 2.95. The molecule has 0 bridgehead atoms. The van der Waals surface area contributed by atoms with Gasteiger partial charge in [0.25, 0.3) is 10.2 Å². The van der Waals surface area contributed by atoms with E-state index in [2.05, 4.69) is 0 Å². The van der Waals surface area contributed by atoms with Gasteiger partial charge in [-0.2, -0.15) is 17.0 Å². The molecule has 134 valence electrons. The summed E-state index contributed by atoms with van der Waals surface area (Å²) >= 11 is 0. The maximum atomic E-state index is 13.0. The summed E-state index contributed by atoms with van der Waals surface area (Å²) in [7, 11) is -1.62. The number of hydrogen-bond acceptors (Lipinski definition) is 4. The quantitative estimate of drug-likeness (QED) is 0.785. The highest BCUT2D eigenvalue weighted by Gasteiger charge is 2.43. The van der Waals surface area contributed by atoms with Gasteiger partial charge in [-0.25, -0.2) is 0 Å². The molecule has 6 nitrogen and oxygen atoms in total. The van der Waals surface area contributed by atoms with Crippen molar-refractivity contribution in [1.29, 1.82) is 0 Å². The molecule has 3 aliphatic rings. The van der Waals surface area contributed by atoms with Gasteiger partial charge in [-0.1, -0.05) is 32.1 Å². The van der Waals surface area contributed by atoms with Crippen molar-refractivity contribution < 1.29 is 17.9 Å². The first kappa shape index (κ1) is 17.6. The minimum atomic E-state index is -3.38. The van der Waals surface area contributed by atoms with Crippen LogP contribution < -0.4 is 0 Å². The van der Waals surface area contributed by atoms with Crippen LogP contribution in [0.3, 0.4) is 0 Å². The van der Waals surface area contributed by atoms with Gasteiger partial charge in [0.05, 0.1) is 13.2 Å². The van der Waals surface area contributed by atoms with Crippen LogP contribution in [0.25, 0.3) is 0 Å². The lowest BCUT2D eigenvalue weighted by Gasteiger charge is -2.39. The van der Waals surface area contributed by atoms with E-state index in [0.29, 0.717) is 39.1 Å².